The van der Waals surface area contributed by atoms with E-state index in [9.17, 15) is 5.26 Å². The topological polar surface area (TPSA) is 75.6 Å². The van der Waals surface area contributed by atoms with E-state index in [1.807, 2.05) is 91.0 Å². The summed E-state index contributed by atoms with van der Waals surface area (Å²) in [6.07, 6.45) is 0. The van der Waals surface area contributed by atoms with Crippen molar-refractivity contribution in [2.24, 2.45) is 0 Å². The standard InChI is InChI=1S/C46H28N4O/c47-29-30-20-22-31(23-21-30)34-14-7-15-35(26-34)36-16-8-17-37(27-36)45-48-44(33-12-5-2-6-13-33)49-46(50-45)38-24-25-40-42(28-38)51-41-19-9-18-39(43(40)41)32-10-3-1-4-11-32/h1-28H. The van der Waals surface area contributed by atoms with Crippen LogP contribution in [-0.2, 0) is 0 Å². The molecule has 0 saturated heterocycles. The molecule has 0 spiro atoms. The zero-order valence-corrected chi connectivity index (χ0v) is 27.4. The molecule has 0 unspecified atom stereocenters. The number of nitriles is 1. The van der Waals surface area contributed by atoms with Crippen molar-refractivity contribution < 1.29 is 4.42 Å². The van der Waals surface area contributed by atoms with Crippen LogP contribution in [0.5, 0.6) is 0 Å². The lowest BCUT2D eigenvalue weighted by Gasteiger charge is -2.10. The first-order chi connectivity index (χ1) is 25.2. The second-order valence-corrected chi connectivity index (χ2v) is 12.4. The minimum Gasteiger partial charge on any atom is -0.456 e. The van der Waals surface area contributed by atoms with Gasteiger partial charge in [0.2, 0.25) is 0 Å². The molecule has 0 fully saturated rings. The summed E-state index contributed by atoms with van der Waals surface area (Å²) in [5.41, 5.74) is 11.4. The van der Waals surface area contributed by atoms with Crippen molar-refractivity contribution in [3.63, 3.8) is 0 Å². The third kappa shape index (κ3) is 5.71. The van der Waals surface area contributed by atoms with Crippen molar-refractivity contribution in [2.75, 3.05) is 0 Å². The van der Waals surface area contributed by atoms with Gasteiger partial charge in [0.05, 0.1) is 11.6 Å². The summed E-state index contributed by atoms with van der Waals surface area (Å²) in [5.74, 6) is 1.75. The Morgan fingerprint density at radius 2 is 0.902 bits per heavy atom. The molecule has 0 aliphatic heterocycles. The summed E-state index contributed by atoms with van der Waals surface area (Å²) in [7, 11) is 0. The molecular weight excluding hydrogens is 625 g/mol. The van der Waals surface area contributed by atoms with Crippen molar-refractivity contribution in [3.05, 3.63) is 175 Å². The Labute approximate surface area is 294 Å². The lowest BCUT2D eigenvalue weighted by Crippen LogP contribution is -2.00. The van der Waals surface area contributed by atoms with E-state index in [1.165, 1.54) is 0 Å². The molecule has 51 heavy (non-hydrogen) atoms. The smallest absolute Gasteiger partial charge is 0.164 e. The molecule has 7 aromatic carbocycles. The van der Waals surface area contributed by atoms with Crippen LogP contribution >= 0.6 is 0 Å². The number of aromatic nitrogens is 3. The van der Waals surface area contributed by atoms with Crippen LogP contribution in [0.25, 0.3) is 89.5 Å². The molecule has 5 nitrogen and oxygen atoms in total. The number of hydrogen-bond donors (Lipinski definition) is 0. The average Bonchev–Trinajstić information content (AvgIpc) is 3.60. The molecule has 0 radical (unpaired) electrons. The van der Waals surface area contributed by atoms with Crippen LogP contribution in [0.1, 0.15) is 5.56 Å². The summed E-state index contributed by atoms with van der Waals surface area (Å²) in [6.45, 7) is 0. The average molecular weight is 653 g/mol. The van der Waals surface area contributed by atoms with Gasteiger partial charge in [-0.1, -0.05) is 127 Å². The van der Waals surface area contributed by atoms with Crippen molar-refractivity contribution in [1.82, 2.24) is 15.0 Å². The number of hydrogen-bond acceptors (Lipinski definition) is 5. The highest BCUT2D eigenvalue weighted by atomic mass is 16.3. The second-order valence-electron chi connectivity index (χ2n) is 12.4. The first kappa shape index (κ1) is 29.9. The number of benzene rings is 7. The second kappa shape index (κ2) is 12.7. The first-order valence-corrected chi connectivity index (χ1v) is 16.7. The quantitative estimate of drug-likeness (QED) is 0.179. The molecule has 0 saturated carbocycles. The minimum atomic E-state index is 0.567. The van der Waals surface area contributed by atoms with E-state index < -0.39 is 0 Å². The Bertz CT molecular complexity index is 2750. The van der Waals surface area contributed by atoms with Gasteiger partial charge in [-0.15, -0.1) is 0 Å². The summed E-state index contributed by atoms with van der Waals surface area (Å²) in [4.78, 5) is 15.0. The maximum Gasteiger partial charge on any atom is 0.164 e. The molecule has 9 rings (SSSR count). The van der Waals surface area contributed by atoms with Crippen LogP contribution in [-0.4, -0.2) is 15.0 Å². The Kier molecular flexibility index (Phi) is 7.46. The van der Waals surface area contributed by atoms with E-state index >= 15 is 0 Å². The zero-order valence-electron chi connectivity index (χ0n) is 27.4. The van der Waals surface area contributed by atoms with Gasteiger partial charge in [0.15, 0.2) is 17.5 Å². The molecule has 0 bridgehead atoms. The normalized spacial score (nSPS) is 11.1. The van der Waals surface area contributed by atoms with Crippen LogP contribution < -0.4 is 0 Å². The van der Waals surface area contributed by atoms with Crippen molar-refractivity contribution in [2.45, 2.75) is 0 Å². The van der Waals surface area contributed by atoms with E-state index in [0.29, 0.717) is 23.0 Å². The molecular formula is C46H28N4O. The van der Waals surface area contributed by atoms with Crippen molar-refractivity contribution in [1.29, 1.82) is 5.26 Å². The molecule has 9 aromatic rings. The Balaban J connectivity index is 1.14. The Morgan fingerprint density at radius 1 is 0.392 bits per heavy atom. The number of nitrogens with zero attached hydrogens (tertiary/aromatic N) is 4. The highest BCUT2D eigenvalue weighted by Crippen LogP contribution is 2.38. The highest BCUT2D eigenvalue weighted by Gasteiger charge is 2.17. The van der Waals surface area contributed by atoms with Crippen molar-refractivity contribution in [3.8, 4) is 73.6 Å². The van der Waals surface area contributed by atoms with Crippen molar-refractivity contribution >= 4 is 21.9 Å². The van der Waals surface area contributed by atoms with Gasteiger partial charge in [0.1, 0.15) is 11.2 Å². The van der Waals surface area contributed by atoms with Crippen LogP contribution in [0, 0.1) is 11.3 Å². The molecule has 0 amide bonds. The Morgan fingerprint density at radius 3 is 1.57 bits per heavy atom. The fourth-order valence-electron chi connectivity index (χ4n) is 6.63. The third-order valence-corrected chi connectivity index (χ3v) is 9.17. The van der Waals surface area contributed by atoms with Gasteiger partial charge in [-0.25, -0.2) is 15.0 Å². The molecule has 5 heteroatoms. The fourth-order valence-corrected chi connectivity index (χ4v) is 6.63. The Hall–Kier alpha value is -7.16. The lowest BCUT2D eigenvalue weighted by atomic mass is 9.97. The highest BCUT2D eigenvalue weighted by molar-refractivity contribution is 6.13. The summed E-state index contributed by atoms with van der Waals surface area (Å²) in [6, 6.07) is 59.4. The minimum absolute atomic E-state index is 0.567. The fraction of sp³-hybridized carbons (Fsp3) is 0. The number of fused-ring (bicyclic) bond motifs is 3. The molecule has 0 aliphatic rings. The van der Waals surface area contributed by atoms with Gasteiger partial charge in [-0.3, -0.25) is 0 Å². The van der Waals surface area contributed by atoms with Gasteiger partial charge in [0.25, 0.3) is 0 Å². The third-order valence-electron chi connectivity index (χ3n) is 9.17. The van der Waals surface area contributed by atoms with Crippen LogP contribution in [0.3, 0.4) is 0 Å². The van der Waals surface area contributed by atoms with Crippen LogP contribution in [0.15, 0.2) is 174 Å². The number of rotatable bonds is 6. The van der Waals surface area contributed by atoms with Crippen LogP contribution in [0.4, 0.5) is 0 Å². The largest absolute Gasteiger partial charge is 0.456 e. The monoisotopic (exact) mass is 652 g/mol. The molecule has 0 atom stereocenters. The predicted molar refractivity (Wildman–Crippen MR) is 204 cm³/mol. The zero-order chi connectivity index (χ0) is 34.1. The van der Waals surface area contributed by atoms with E-state index in [1.54, 1.807) is 0 Å². The number of furan rings is 1. The summed E-state index contributed by atoms with van der Waals surface area (Å²) in [5, 5.41) is 11.4. The summed E-state index contributed by atoms with van der Waals surface area (Å²) < 4.78 is 6.44. The molecule has 2 aromatic heterocycles. The van der Waals surface area contributed by atoms with Gasteiger partial charge >= 0.3 is 0 Å². The van der Waals surface area contributed by atoms with Gasteiger partial charge < -0.3 is 4.42 Å². The lowest BCUT2D eigenvalue weighted by molar-refractivity contribution is 0.669. The summed E-state index contributed by atoms with van der Waals surface area (Å²) >= 11 is 0. The van der Waals surface area contributed by atoms with E-state index in [2.05, 4.69) is 84.9 Å². The maximum absolute atomic E-state index is 9.22. The molecule has 0 N–H and O–H groups in total. The van der Waals surface area contributed by atoms with E-state index in [0.717, 1.165) is 72.0 Å². The predicted octanol–water partition coefficient (Wildman–Crippen LogP) is 11.6. The van der Waals surface area contributed by atoms with Gasteiger partial charge in [0, 0.05) is 27.5 Å². The van der Waals surface area contributed by atoms with E-state index in [4.69, 9.17) is 19.4 Å². The van der Waals surface area contributed by atoms with E-state index in [-0.39, 0.29) is 0 Å². The molecule has 0 aliphatic carbocycles. The van der Waals surface area contributed by atoms with Crippen LogP contribution in [0.2, 0.25) is 0 Å². The molecule has 238 valence electrons. The first-order valence-electron chi connectivity index (χ1n) is 16.7. The maximum atomic E-state index is 9.22. The van der Waals surface area contributed by atoms with Gasteiger partial charge in [-0.2, -0.15) is 5.26 Å². The SMILES string of the molecule is N#Cc1ccc(-c2cccc(-c3cccc(-c4nc(-c5ccccc5)nc(-c5ccc6c(c5)oc5cccc(-c7ccccc7)c56)n4)c3)c2)cc1. The molecule has 2 heterocycles. The van der Waals surface area contributed by atoms with Gasteiger partial charge in [-0.05, 0) is 75.8 Å².